The van der Waals surface area contributed by atoms with Gasteiger partial charge in [-0.3, -0.25) is 9.97 Å². The molecular weight excluding hydrogens is 667 g/mol. The Morgan fingerprint density at radius 3 is 2.18 bits per heavy atom. The van der Waals surface area contributed by atoms with E-state index in [1.165, 1.54) is 72.4 Å². The first-order valence-electron chi connectivity index (χ1n) is 19.5. The number of hydrogen-bond acceptors (Lipinski definition) is 3. The van der Waals surface area contributed by atoms with Crippen LogP contribution in [0.4, 0.5) is 5.69 Å². The largest absolute Gasteiger partial charge is 0.374 e. The molecule has 1 atom stereocenters. The lowest BCUT2D eigenvalue weighted by atomic mass is 9.85. The second-order valence-corrected chi connectivity index (χ2v) is 15.0. The van der Waals surface area contributed by atoms with Crippen molar-refractivity contribution in [1.82, 2.24) is 9.97 Å². The molecule has 55 heavy (non-hydrogen) atoms. The minimum Gasteiger partial charge on any atom is -0.374 e. The Balaban J connectivity index is 1.15. The summed E-state index contributed by atoms with van der Waals surface area (Å²) in [5, 5.41) is 5.04. The summed E-state index contributed by atoms with van der Waals surface area (Å²) in [5.41, 5.74) is 21.9. The number of aromatic nitrogens is 2. The van der Waals surface area contributed by atoms with Gasteiger partial charge in [-0.05, 0) is 155 Å². The highest BCUT2D eigenvalue weighted by atomic mass is 14.9. The summed E-state index contributed by atoms with van der Waals surface area (Å²) in [6.07, 6.45) is 14.2. The molecule has 0 bridgehead atoms. The molecule has 1 N–H and O–H groups in total. The van der Waals surface area contributed by atoms with Gasteiger partial charge in [-0.2, -0.15) is 0 Å². The Kier molecular flexibility index (Phi) is 9.07. The zero-order valence-corrected chi connectivity index (χ0v) is 32.0. The van der Waals surface area contributed by atoms with Crippen LogP contribution >= 0.6 is 0 Å². The van der Waals surface area contributed by atoms with Gasteiger partial charge in [0.2, 0.25) is 0 Å². The summed E-state index contributed by atoms with van der Waals surface area (Å²) in [6.45, 7) is 8.91. The topological polar surface area (TPSA) is 37.8 Å². The summed E-state index contributed by atoms with van der Waals surface area (Å²) >= 11 is 0. The number of rotatable bonds is 7. The van der Waals surface area contributed by atoms with E-state index >= 15 is 0 Å². The smallest absolute Gasteiger partial charge is 0.0718 e. The first kappa shape index (κ1) is 34.4. The zero-order chi connectivity index (χ0) is 37.5. The summed E-state index contributed by atoms with van der Waals surface area (Å²) in [4.78, 5) is 9.74. The van der Waals surface area contributed by atoms with Gasteiger partial charge in [0.15, 0.2) is 0 Å². The molecule has 0 amide bonds. The number of pyridine rings is 2. The van der Waals surface area contributed by atoms with Gasteiger partial charge in [0, 0.05) is 40.2 Å². The molecule has 0 saturated carbocycles. The molecule has 3 nitrogen and oxygen atoms in total. The molecule has 9 rings (SSSR count). The lowest BCUT2D eigenvalue weighted by molar-refractivity contribution is 0.971. The average Bonchev–Trinajstić information content (AvgIpc) is 3.23. The number of fused-ring (bicyclic) bond motifs is 2. The van der Waals surface area contributed by atoms with E-state index in [9.17, 15) is 0 Å². The molecule has 2 aromatic heterocycles. The quantitative estimate of drug-likeness (QED) is 0.179. The second-order valence-electron chi connectivity index (χ2n) is 15.0. The second kappa shape index (κ2) is 14.5. The van der Waals surface area contributed by atoms with Gasteiger partial charge in [-0.25, -0.2) is 0 Å². The molecule has 0 saturated heterocycles. The van der Waals surface area contributed by atoms with Crippen LogP contribution in [0.5, 0.6) is 0 Å². The van der Waals surface area contributed by atoms with Crippen molar-refractivity contribution in [2.24, 2.45) is 0 Å². The molecule has 1 aliphatic carbocycles. The van der Waals surface area contributed by atoms with Crippen LogP contribution in [-0.2, 0) is 0 Å². The summed E-state index contributed by atoms with van der Waals surface area (Å²) in [6, 6.07) is 44.2. The molecule has 2 aliphatic rings. The van der Waals surface area contributed by atoms with Crippen LogP contribution in [0.1, 0.15) is 71.2 Å². The molecule has 0 fully saturated rings. The van der Waals surface area contributed by atoms with E-state index in [2.05, 4.69) is 160 Å². The predicted molar refractivity (Wildman–Crippen MR) is 232 cm³/mol. The summed E-state index contributed by atoms with van der Waals surface area (Å²) in [7, 11) is 0. The molecular formula is C52H45N3. The van der Waals surface area contributed by atoms with Crippen molar-refractivity contribution in [2.75, 3.05) is 5.32 Å². The van der Waals surface area contributed by atoms with Crippen molar-refractivity contribution < 1.29 is 0 Å². The Hall–Kier alpha value is -6.32. The third-order valence-electron chi connectivity index (χ3n) is 11.5. The van der Waals surface area contributed by atoms with Crippen LogP contribution in [0, 0.1) is 20.8 Å². The third-order valence-corrected chi connectivity index (χ3v) is 11.5. The Labute approximate surface area is 324 Å². The van der Waals surface area contributed by atoms with E-state index in [1.807, 2.05) is 24.5 Å². The van der Waals surface area contributed by atoms with Crippen LogP contribution in [-0.4, -0.2) is 9.97 Å². The van der Waals surface area contributed by atoms with E-state index in [0.717, 1.165) is 52.7 Å². The SMILES string of the molecule is CCC1=C(c2cc(-c3ccc4c(c3)C(c3ccc(-c5cnc6ccccc6c5)nc3)=CC(c3ccc(C)c(-c5ccccc5C)c3)N4)ccc2C)CCC=C1. The number of nitrogens with zero attached hydrogens (tertiary/aromatic N) is 2. The van der Waals surface area contributed by atoms with Crippen LogP contribution in [0.2, 0.25) is 0 Å². The highest BCUT2D eigenvalue weighted by Crippen LogP contribution is 2.43. The third kappa shape index (κ3) is 6.61. The van der Waals surface area contributed by atoms with Crippen molar-refractivity contribution >= 4 is 27.7 Å². The average molecular weight is 712 g/mol. The number of aryl methyl sites for hydroxylation is 3. The molecule has 1 aliphatic heterocycles. The van der Waals surface area contributed by atoms with Crippen molar-refractivity contribution in [1.29, 1.82) is 0 Å². The minimum absolute atomic E-state index is 0.0224. The van der Waals surface area contributed by atoms with Crippen molar-refractivity contribution in [3.63, 3.8) is 0 Å². The van der Waals surface area contributed by atoms with Crippen LogP contribution in [0.15, 0.2) is 158 Å². The Morgan fingerprint density at radius 1 is 0.618 bits per heavy atom. The minimum atomic E-state index is -0.0224. The van der Waals surface area contributed by atoms with Crippen molar-refractivity contribution in [3.8, 4) is 33.5 Å². The fourth-order valence-electron chi connectivity index (χ4n) is 8.38. The number of benzene rings is 5. The van der Waals surface area contributed by atoms with E-state index in [1.54, 1.807) is 0 Å². The number of allylic oxidation sites excluding steroid dienone is 4. The summed E-state index contributed by atoms with van der Waals surface area (Å²) < 4.78 is 0. The fraction of sp³-hybridized carbons (Fsp3) is 0.154. The van der Waals surface area contributed by atoms with E-state index in [4.69, 9.17) is 9.97 Å². The Morgan fingerprint density at radius 2 is 1.35 bits per heavy atom. The highest BCUT2D eigenvalue weighted by Gasteiger charge is 2.24. The number of nitrogens with one attached hydrogen (secondary N) is 1. The highest BCUT2D eigenvalue weighted by molar-refractivity contribution is 5.92. The maximum atomic E-state index is 5.03. The molecule has 1 unspecified atom stereocenters. The fourth-order valence-corrected chi connectivity index (χ4v) is 8.38. The van der Waals surface area contributed by atoms with Gasteiger partial charge in [0.1, 0.15) is 0 Å². The van der Waals surface area contributed by atoms with Gasteiger partial charge in [-0.15, -0.1) is 0 Å². The van der Waals surface area contributed by atoms with Crippen molar-refractivity contribution in [3.05, 3.63) is 196 Å². The van der Waals surface area contributed by atoms with Gasteiger partial charge in [0.05, 0.1) is 17.3 Å². The van der Waals surface area contributed by atoms with Gasteiger partial charge in [-0.1, -0.05) is 97.9 Å². The summed E-state index contributed by atoms with van der Waals surface area (Å²) in [5.74, 6) is 0. The molecule has 0 radical (unpaired) electrons. The number of para-hydroxylation sites is 1. The molecule has 7 aromatic rings. The van der Waals surface area contributed by atoms with Crippen LogP contribution < -0.4 is 5.32 Å². The normalized spacial score (nSPS) is 15.1. The molecule has 3 heterocycles. The lowest BCUT2D eigenvalue weighted by Gasteiger charge is -2.28. The van der Waals surface area contributed by atoms with Crippen LogP contribution in [0.25, 0.3) is 55.6 Å². The van der Waals surface area contributed by atoms with E-state index in [-0.39, 0.29) is 6.04 Å². The van der Waals surface area contributed by atoms with E-state index < -0.39 is 0 Å². The number of anilines is 1. The maximum absolute atomic E-state index is 5.03. The van der Waals surface area contributed by atoms with Crippen molar-refractivity contribution in [2.45, 2.75) is 53.0 Å². The standard InChI is InChI=1S/C52H45N3/c1-5-36-13-7-10-16-44(36)46-27-37(20-18-35(46)4)38-22-25-51-48(28-38)47(41-23-24-50(53-31-41)42-26-39-14-8-11-17-49(39)54-32-42)30-52(55-51)40-21-19-34(3)45(29-40)43-15-9-6-12-33(43)2/h6-9,11-15,17-32,52,55H,5,10,16H2,1-4H3. The zero-order valence-electron chi connectivity index (χ0n) is 32.0. The maximum Gasteiger partial charge on any atom is 0.0718 e. The first-order chi connectivity index (χ1) is 26.9. The molecule has 0 spiro atoms. The van der Waals surface area contributed by atoms with Gasteiger partial charge < -0.3 is 5.32 Å². The number of hydrogen-bond donors (Lipinski definition) is 1. The predicted octanol–water partition coefficient (Wildman–Crippen LogP) is 13.7. The molecule has 268 valence electrons. The first-order valence-corrected chi connectivity index (χ1v) is 19.5. The van der Waals surface area contributed by atoms with Crippen LogP contribution in [0.3, 0.4) is 0 Å². The van der Waals surface area contributed by atoms with Gasteiger partial charge >= 0.3 is 0 Å². The molecule has 3 heteroatoms. The lowest BCUT2D eigenvalue weighted by Crippen LogP contribution is -2.15. The molecule has 5 aromatic carbocycles. The Bertz CT molecular complexity index is 2690. The van der Waals surface area contributed by atoms with E-state index in [0.29, 0.717) is 0 Å². The monoisotopic (exact) mass is 711 g/mol. The van der Waals surface area contributed by atoms with Gasteiger partial charge in [0.25, 0.3) is 0 Å².